The van der Waals surface area contributed by atoms with Crippen molar-refractivity contribution >= 4 is 40.4 Å². The second kappa shape index (κ2) is 6.62. The predicted molar refractivity (Wildman–Crippen MR) is 105 cm³/mol. The molecule has 0 spiro atoms. The summed E-state index contributed by atoms with van der Waals surface area (Å²) in [6.07, 6.45) is 2.53. The zero-order valence-corrected chi connectivity index (χ0v) is 16.9. The van der Waals surface area contributed by atoms with Gasteiger partial charge in [-0.15, -0.1) is 0 Å². The van der Waals surface area contributed by atoms with Gasteiger partial charge in [0.05, 0.1) is 10.1 Å². The first kappa shape index (κ1) is 19.7. The van der Waals surface area contributed by atoms with E-state index in [1.165, 1.54) is 12.2 Å². The minimum atomic E-state index is -0.280. The third kappa shape index (κ3) is 4.34. The fourth-order valence-corrected chi connectivity index (χ4v) is 3.05. The summed E-state index contributed by atoms with van der Waals surface area (Å²) in [5.74, 6) is -0.215. The molecule has 0 bridgehead atoms. The molecule has 3 nitrogen and oxygen atoms in total. The second-order valence-electron chi connectivity index (χ2n) is 8.24. The normalized spacial score (nSPS) is 15.8. The Morgan fingerprint density at radius 3 is 1.88 bits per heavy atom. The highest BCUT2D eigenvalue weighted by molar-refractivity contribution is 6.58. The van der Waals surface area contributed by atoms with E-state index in [2.05, 4.69) is 52.6 Å². The van der Waals surface area contributed by atoms with E-state index in [1.54, 1.807) is 6.07 Å². The Bertz CT molecular complexity index is 795. The van der Waals surface area contributed by atoms with Crippen LogP contribution in [0.15, 0.2) is 39.3 Å². The maximum absolute atomic E-state index is 11.5. The van der Waals surface area contributed by atoms with Gasteiger partial charge in [0, 0.05) is 12.2 Å². The van der Waals surface area contributed by atoms with Crippen LogP contribution in [0.1, 0.15) is 52.7 Å². The number of allylic oxidation sites excluding steroid dienone is 4. The van der Waals surface area contributed by atoms with Gasteiger partial charge in [-0.1, -0.05) is 70.8 Å². The van der Waals surface area contributed by atoms with Crippen LogP contribution in [-0.4, -0.2) is 16.6 Å². The summed E-state index contributed by atoms with van der Waals surface area (Å²) in [4.78, 5) is 16.0. The van der Waals surface area contributed by atoms with Crippen molar-refractivity contribution in [3.63, 3.8) is 0 Å². The van der Waals surface area contributed by atoms with E-state index in [-0.39, 0.29) is 38.1 Å². The van der Waals surface area contributed by atoms with Crippen LogP contribution in [0.2, 0.25) is 0 Å². The molecule has 1 N–H and O–H groups in total. The average molecular weight is 380 g/mol. The van der Waals surface area contributed by atoms with Crippen molar-refractivity contribution < 1.29 is 9.90 Å². The van der Waals surface area contributed by atoms with E-state index in [9.17, 15) is 9.90 Å². The van der Waals surface area contributed by atoms with Gasteiger partial charge in [-0.05, 0) is 28.0 Å². The monoisotopic (exact) mass is 379 g/mol. The fraction of sp³-hybridized carbons (Fsp3) is 0.400. The lowest BCUT2D eigenvalue weighted by molar-refractivity contribution is -0.110. The number of hydrogen-bond donors (Lipinski definition) is 1. The first-order valence-electron chi connectivity index (χ1n) is 8.06. The van der Waals surface area contributed by atoms with Crippen molar-refractivity contribution in [1.82, 2.24) is 0 Å². The van der Waals surface area contributed by atoms with Crippen LogP contribution in [0, 0.1) is 0 Å². The van der Waals surface area contributed by atoms with Crippen LogP contribution in [-0.2, 0) is 15.6 Å². The number of carbonyl (C=O) groups is 1. The minimum absolute atomic E-state index is 0.0654. The zero-order valence-electron chi connectivity index (χ0n) is 15.4. The number of hydrogen-bond acceptors (Lipinski definition) is 3. The SMILES string of the molecule is CC(C)(C)c1cc(O)c(N=C2C(Cl)=CC(=O)C=C2Cl)c(C(C)(C)C)c1. The molecule has 1 aliphatic carbocycles. The summed E-state index contributed by atoms with van der Waals surface area (Å²) in [6, 6.07) is 3.78. The number of phenolic OH excluding ortho intramolecular Hbond substituents is 1. The molecule has 0 aliphatic heterocycles. The summed E-state index contributed by atoms with van der Waals surface area (Å²) in [7, 11) is 0. The Hall–Kier alpha value is -1.58. The highest BCUT2D eigenvalue weighted by Gasteiger charge is 2.26. The molecule has 0 aromatic heterocycles. The number of nitrogens with zero attached hydrogens (tertiary/aromatic N) is 1. The highest BCUT2D eigenvalue weighted by atomic mass is 35.5. The van der Waals surface area contributed by atoms with Gasteiger partial charge in [-0.25, -0.2) is 4.99 Å². The second-order valence-corrected chi connectivity index (χ2v) is 9.05. The van der Waals surface area contributed by atoms with Crippen molar-refractivity contribution in [2.45, 2.75) is 52.4 Å². The highest BCUT2D eigenvalue weighted by Crippen LogP contribution is 2.42. The molecule has 2 rings (SSSR count). The fourth-order valence-electron chi connectivity index (χ4n) is 2.50. The molecule has 0 atom stereocenters. The van der Waals surface area contributed by atoms with Crippen LogP contribution in [0.4, 0.5) is 5.69 Å². The first-order chi connectivity index (χ1) is 11.3. The number of phenols is 1. The molecule has 1 aliphatic rings. The summed E-state index contributed by atoms with van der Waals surface area (Å²) < 4.78 is 0. The molecule has 0 saturated carbocycles. The van der Waals surface area contributed by atoms with Gasteiger partial charge >= 0.3 is 0 Å². The predicted octanol–water partition coefficient (Wildman–Crippen LogP) is 5.89. The third-order valence-corrected chi connectivity index (χ3v) is 4.55. The summed E-state index contributed by atoms with van der Waals surface area (Å²) in [5.41, 5.74) is 2.23. The molecular formula is C20H23Cl2NO2. The van der Waals surface area contributed by atoms with Gasteiger partial charge in [0.15, 0.2) is 5.78 Å². The van der Waals surface area contributed by atoms with E-state index in [0.29, 0.717) is 5.69 Å². The van der Waals surface area contributed by atoms with Gasteiger partial charge in [0.25, 0.3) is 0 Å². The van der Waals surface area contributed by atoms with Crippen molar-refractivity contribution in [3.8, 4) is 5.75 Å². The van der Waals surface area contributed by atoms with Gasteiger partial charge in [-0.3, -0.25) is 4.79 Å². The number of benzene rings is 1. The number of ketones is 1. The molecule has 0 heterocycles. The number of aromatic hydroxyl groups is 1. The van der Waals surface area contributed by atoms with Gasteiger partial charge < -0.3 is 5.11 Å². The molecule has 0 saturated heterocycles. The van der Waals surface area contributed by atoms with E-state index in [1.807, 2.05) is 0 Å². The Labute approximate surface area is 159 Å². The maximum atomic E-state index is 11.5. The Morgan fingerprint density at radius 2 is 1.44 bits per heavy atom. The molecule has 0 radical (unpaired) electrons. The average Bonchev–Trinajstić information content (AvgIpc) is 2.41. The van der Waals surface area contributed by atoms with E-state index < -0.39 is 0 Å². The van der Waals surface area contributed by atoms with Crippen LogP contribution < -0.4 is 0 Å². The van der Waals surface area contributed by atoms with Crippen LogP contribution >= 0.6 is 23.2 Å². The smallest absolute Gasteiger partial charge is 0.181 e. The lowest BCUT2D eigenvalue weighted by atomic mass is 9.79. The molecule has 1 aromatic carbocycles. The zero-order chi connectivity index (χ0) is 19.2. The van der Waals surface area contributed by atoms with Crippen molar-refractivity contribution in [2.24, 2.45) is 4.99 Å². The topological polar surface area (TPSA) is 49.7 Å². The molecule has 0 amide bonds. The van der Waals surface area contributed by atoms with Gasteiger partial charge in [0.1, 0.15) is 17.1 Å². The molecule has 5 heteroatoms. The molecule has 134 valence electrons. The van der Waals surface area contributed by atoms with Crippen molar-refractivity contribution in [2.75, 3.05) is 0 Å². The van der Waals surface area contributed by atoms with Crippen LogP contribution in [0.3, 0.4) is 0 Å². The molecular weight excluding hydrogens is 357 g/mol. The van der Waals surface area contributed by atoms with E-state index in [4.69, 9.17) is 23.2 Å². The Balaban J connectivity index is 2.74. The third-order valence-electron chi connectivity index (χ3n) is 3.98. The van der Waals surface area contributed by atoms with Crippen molar-refractivity contribution in [3.05, 3.63) is 45.5 Å². The largest absolute Gasteiger partial charge is 0.506 e. The number of carbonyl (C=O) groups excluding carboxylic acids is 1. The first-order valence-corrected chi connectivity index (χ1v) is 8.82. The molecule has 25 heavy (non-hydrogen) atoms. The van der Waals surface area contributed by atoms with E-state index in [0.717, 1.165) is 11.1 Å². The Morgan fingerprint density at radius 1 is 0.920 bits per heavy atom. The van der Waals surface area contributed by atoms with Gasteiger partial charge in [0.2, 0.25) is 0 Å². The molecule has 0 fully saturated rings. The number of aliphatic imine (C=N–C) groups is 1. The number of rotatable bonds is 1. The lowest BCUT2D eigenvalue weighted by Gasteiger charge is -2.27. The van der Waals surface area contributed by atoms with Crippen molar-refractivity contribution in [1.29, 1.82) is 0 Å². The maximum Gasteiger partial charge on any atom is 0.181 e. The van der Waals surface area contributed by atoms with E-state index >= 15 is 0 Å². The van der Waals surface area contributed by atoms with Crippen LogP contribution in [0.5, 0.6) is 5.75 Å². The van der Waals surface area contributed by atoms with Crippen LogP contribution in [0.25, 0.3) is 0 Å². The number of halogens is 2. The van der Waals surface area contributed by atoms with Gasteiger partial charge in [-0.2, -0.15) is 0 Å². The summed E-state index contributed by atoms with van der Waals surface area (Å²) in [6.45, 7) is 12.4. The quantitative estimate of drug-likeness (QED) is 0.618. The summed E-state index contributed by atoms with van der Waals surface area (Å²) in [5, 5.41) is 11.0. The lowest BCUT2D eigenvalue weighted by Crippen LogP contribution is -2.17. The molecule has 1 aromatic rings. The minimum Gasteiger partial charge on any atom is -0.506 e. The molecule has 0 unspecified atom stereocenters. The summed E-state index contributed by atoms with van der Waals surface area (Å²) >= 11 is 12.3. The standard InChI is InChI=1S/C20H23Cl2NO2/c1-19(2,3)11-7-13(20(4,5)6)17(16(25)8-11)23-18-14(21)9-12(24)10-15(18)22/h7-10,25H,1-6H3. The Kier molecular flexibility index (Phi) is 5.23.